The topological polar surface area (TPSA) is 65.3 Å². The fraction of sp³-hybridized carbons (Fsp3) is 0.176. The molecule has 120 valence electrons. The third-order valence-corrected chi connectivity index (χ3v) is 4.46. The quantitative estimate of drug-likeness (QED) is 0.807. The average Bonchev–Trinajstić information content (AvgIpc) is 3.10. The van der Waals surface area contributed by atoms with Gasteiger partial charge in [0, 0.05) is 0 Å². The fourth-order valence-corrected chi connectivity index (χ4v) is 3.22. The van der Waals surface area contributed by atoms with Crippen molar-refractivity contribution in [1.29, 1.82) is 0 Å². The maximum Gasteiger partial charge on any atom is 0.263 e. The van der Waals surface area contributed by atoms with E-state index in [1.165, 1.54) is 0 Å². The Balaban J connectivity index is 1.64. The molecule has 6 nitrogen and oxygen atoms in total. The Kier molecular flexibility index (Phi) is 3.54. The van der Waals surface area contributed by atoms with Gasteiger partial charge in [0.2, 0.25) is 0 Å². The van der Waals surface area contributed by atoms with Crippen LogP contribution in [-0.2, 0) is 16.1 Å². The fourth-order valence-electron chi connectivity index (χ4n) is 2.99. The lowest BCUT2D eigenvalue weighted by atomic mass is 10.1. The van der Waals surface area contributed by atoms with Crippen molar-refractivity contribution in [3.63, 3.8) is 0 Å². The molecule has 0 aromatic heterocycles. The van der Waals surface area contributed by atoms with Crippen LogP contribution in [0.25, 0.3) is 0 Å². The maximum absolute atomic E-state index is 12.8. The molecule has 4 rings (SSSR count). The van der Waals surface area contributed by atoms with Crippen molar-refractivity contribution in [3.8, 4) is 0 Å². The van der Waals surface area contributed by atoms with Gasteiger partial charge in [-0.05, 0) is 17.7 Å². The van der Waals surface area contributed by atoms with Crippen LogP contribution < -0.4 is 4.90 Å². The van der Waals surface area contributed by atoms with Crippen LogP contribution in [0.4, 0.5) is 5.69 Å². The maximum atomic E-state index is 12.8. The summed E-state index contributed by atoms with van der Waals surface area (Å²) >= 11 is 6.14. The molecule has 2 aromatic rings. The number of halogens is 1. The predicted molar refractivity (Wildman–Crippen MR) is 88.4 cm³/mol. The molecule has 2 aliphatic heterocycles. The first-order valence-corrected chi connectivity index (χ1v) is 7.88. The lowest BCUT2D eigenvalue weighted by Crippen LogP contribution is -2.39. The SMILES string of the molecule is O=C1C2N=NN(Cc3ccccc3)C2C(=O)N1c1ccccc1Cl. The molecule has 0 spiro atoms. The molecule has 24 heavy (non-hydrogen) atoms. The minimum atomic E-state index is -0.808. The molecule has 1 saturated heterocycles. The van der Waals surface area contributed by atoms with Gasteiger partial charge in [-0.25, -0.2) is 4.90 Å². The zero-order valence-electron chi connectivity index (χ0n) is 12.5. The summed E-state index contributed by atoms with van der Waals surface area (Å²) in [5, 5.41) is 9.95. The standard InChI is InChI=1S/C17H13ClN4O2/c18-12-8-4-5-9-13(12)22-16(23)14-15(17(22)24)21(20-19-14)10-11-6-2-1-3-7-11/h1-9,14-15H,10H2. The minimum absolute atomic E-state index is 0.348. The van der Waals surface area contributed by atoms with Crippen molar-refractivity contribution in [3.05, 3.63) is 65.2 Å². The van der Waals surface area contributed by atoms with Crippen LogP contribution >= 0.6 is 11.6 Å². The summed E-state index contributed by atoms with van der Waals surface area (Å²) in [7, 11) is 0. The zero-order chi connectivity index (χ0) is 16.7. The highest BCUT2D eigenvalue weighted by molar-refractivity contribution is 6.36. The van der Waals surface area contributed by atoms with Crippen LogP contribution in [0.15, 0.2) is 64.9 Å². The summed E-state index contributed by atoms with van der Waals surface area (Å²) < 4.78 is 0. The number of amides is 2. The number of carbonyl (C=O) groups is 2. The van der Waals surface area contributed by atoms with Gasteiger partial charge in [-0.1, -0.05) is 59.3 Å². The summed E-state index contributed by atoms with van der Waals surface area (Å²) in [6.07, 6.45) is 0. The second-order valence-electron chi connectivity index (χ2n) is 5.64. The van der Waals surface area contributed by atoms with Crippen molar-refractivity contribution >= 4 is 29.1 Å². The first-order valence-electron chi connectivity index (χ1n) is 7.50. The Hall–Kier alpha value is -2.73. The molecule has 2 aromatic carbocycles. The van der Waals surface area contributed by atoms with Crippen LogP contribution in [0, 0.1) is 0 Å². The first kappa shape index (κ1) is 14.8. The van der Waals surface area contributed by atoms with Gasteiger partial charge in [0.25, 0.3) is 11.8 Å². The second-order valence-corrected chi connectivity index (χ2v) is 6.05. The molecule has 7 heteroatoms. The van der Waals surface area contributed by atoms with Crippen molar-refractivity contribution in [2.45, 2.75) is 18.6 Å². The van der Waals surface area contributed by atoms with Gasteiger partial charge in [-0.3, -0.25) is 14.6 Å². The van der Waals surface area contributed by atoms with E-state index >= 15 is 0 Å². The Bertz CT molecular complexity index is 839. The van der Waals surface area contributed by atoms with Crippen LogP contribution in [-0.4, -0.2) is 28.9 Å². The van der Waals surface area contributed by atoms with Gasteiger partial charge in [0.15, 0.2) is 12.1 Å². The average molecular weight is 341 g/mol. The van der Waals surface area contributed by atoms with Crippen LogP contribution in [0.5, 0.6) is 0 Å². The van der Waals surface area contributed by atoms with Crippen molar-refractivity contribution < 1.29 is 9.59 Å². The third-order valence-electron chi connectivity index (χ3n) is 4.14. The van der Waals surface area contributed by atoms with Crippen molar-refractivity contribution in [1.82, 2.24) is 5.01 Å². The summed E-state index contributed by atoms with van der Waals surface area (Å²) in [6, 6.07) is 14.9. The van der Waals surface area contributed by atoms with Gasteiger partial charge in [0.1, 0.15) is 0 Å². The smallest absolute Gasteiger partial charge is 0.263 e. The molecule has 2 atom stereocenters. The second kappa shape index (κ2) is 5.72. The Morgan fingerprint density at radius 2 is 1.67 bits per heavy atom. The van der Waals surface area contributed by atoms with E-state index in [2.05, 4.69) is 10.3 Å². The normalized spacial score (nSPS) is 22.4. The van der Waals surface area contributed by atoms with Crippen LogP contribution in [0.3, 0.4) is 0 Å². The molecule has 2 unspecified atom stereocenters. The molecule has 0 radical (unpaired) electrons. The minimum Gasteiger partial charge on any atom is -0.271 e. The molecule has 2 amide bonds. The monoisotopic (exact) mass is 340 g/mol. The highest BCUT2D eigenvalue weighted by atomic mass is 35.5. The summed E-state index contributed by atoms with van der Waals surface area (Å²) in [6.45, 7) is 0.418. The van der Waals surface area contributed by atoms with E-state index in [0.29, 0.717) is 17.3 Å². The number of imide groups is 1. The van der Waals surface area contributed by atoms with E-state index in [1.807, 2.05) is 30.3 Å². The Labute approximate surface area is 143 Å². The number of anilines is 1. The molecule has 2 aliphatic rings. The van der Waals surface area contributed by atoms with Gasteiger partial charge in [-0.15, -0.1) is 0 Å². The third kappa shape index (κ3) is 2.27. The van der Waals surface area contributed by atoms with E-state index in [-0.39, 0.29) is 5.91 Å². The van der Waals surface area contributed by atoms with Gasteiger partial charge in [-0.2, -0.15) is 5.11 Å². The first-order chi connectivity index (χ1) is 11.7. The van der Waals surface area contributed by atoms with Crippen LogP contribution in [0.1, 0.15) is 5.56 Å². The highest BCUT2D eigenvalue weighted by Gasteiger charge is 2.55. The summed E-state index contributed by atoms with van der Waals surface area (Å²) in [5.41, 5.74) is 1.38. The van der Waals surface area contributed by atoms with E-state index in [9.17, 15) is 9.59 Å². The molecular formula is C17H13ClN4O2. The van der Waals surface area contributed by atoms with Crippen LogP contribution in [0.2, 0.25) is 5.02 Å². The number of para-hydroxylation sites is 1. The number of benzene rings is 2. The molecule has 1 fully saturated rings. The summed E-state index contributed by atoms with van der Waals surface area (Å²) in [4.78, 5) is 26.6. The van der Waals surface area contributed by atoms with E-state index in [0.717, 1.165) is 10.5 Å². The lowest BCUT2D eigenvalue weighted by molar-refractivity contribution is -0.123. The zero-order valence-corrected chi connectivity index (χ0v) is 13.3. The van der Waals surface area contributed by atoms with Crippen molar-refractivity contribution in [2.24, 2.45) is 10.3 Å². The molecular weight excluding hydrogens is 328 g/mol. The molecule has 2 heterocycles. The predicted octanol–water partition coefficient (Wildman–Crippen LogP) is 2.83. The highest BCUT2D eigenvalue weighted by Crippen LogP contribution is 2.35. The van der Waals surface area contributed by atoms with Gasteiger partial charge >= 0.3 is 0 Å². The number of rotatable bonds is 3. The number of carbonyl (C=O) groups excluding carboxylic acids is 2. The lowest BCUT2D eigenvalue weighted by Gasteiger charge is -2.21. The van der Waals surface area contributed by atoms with E-state index in [1.54, 1.807) is 29.3 Å². The van der Waals surface area contributed by atoms with Gasteiger partial charge < -0.3 is 0 Å². The summed E-state index contributed by atoms with van der Waals surface area (Å²) in [5.74, 6) is -0.739. The van der Waals surface area contributed by atoms with E-state index < -0.39 is 18.0 Å². The number of nitrogens with zero attached hydrogens (tertiary/aromatic N) is 4. The van der Waals surface area contributed by atoms with E-state index in [4.69, 9.17) is 11.6 Å². The van der Waals surface area contributed by atoms with Gasteiger partial charge in [0.05, 0.1) is 17.3 Å². The molecule has 0 N–H and O–H groups in total. The Morgan fingerprint density at radius 1 is 0.958 bits per heavy atom. The number of hydrogen-bond acceptors (Lipinski definition) is 5. The number of fused-ring (bicyclic) bond motifs is 1. The Morgan fingerprint density at radius 3 is 2.42 bits per heavy atom. The molecule has 0 aliphatic carbocycles. The largest absolute Gasteiger partial charge is 0.271 e. The van der Waals surface area contributed by atoms with Crippen molar-refractivity contribution in [2.75, 3.05) is 4.90 Å². The number of hydrogen-bond donors (Lipinski definition) is 0. The molecule has 0 bridgehead atoms. The molecule has 0 saturated carbocycles.